The van der Waals surface area contributed by atoms with Gasteiger partial charge in [0.05, 0.1) is 31.3 Å². The van der Waals surface area contributed by atoms with Crippen LogP contribution in [0.4, 0.5) is 0 Å². The smallest absolute Gasteiger partial charge is 0.338 e. The Morgan fingerprint density at radius 2 is 1.79 bits per heavy atom. The Bertz CT molecular complexity index is 784. The van der Waals surface area contributed by atoms with E-state index >= 15 is 0 Å². The molecule has 28 heavy (non-hydrogen) atoms. The summed E-state index contributed by atoms with van der Waals surface area (Å²) < 4.78 is 38.9. The highest BCUT2D eigenvalue weighted by molar-refractivity contribution is 7.91. The number of amides is 1. The number of esters is 1. The van der Waals surface area contributed by atoms with Crippen LogP contribution in [0.5, 0.6) is 11.5 Å². The Hall–Kier alpha value is -2.29. The summed E-state index contributed by atoms with van der Waals surface area (Å²) in [6.07, 6.45) is 2.04. The Morgan fingerprint density at radius 1 is 1.14 bits per heavy atom. The first kappa shape index (κ1) is 22.0. The van der Waals surface area contributed by atoms with Crippen LogP contribution in [0.25, 0.3) is 0 Å². The predicted octanol–water partition coefficient (Wildman–Crippen LogP) is 1.68. The first-order valence-corrected chi connectivity index (χ1v) is 11.0. The molecule has 1 aromatic rings. The second kappa shape index (κ2) is 9.77. The van der Waals surface area contributed by atoms with E-state index in [2.05, 4.69) is 0 Å². The molecule has 1 amide bonds. The molecule has 1 aliphatic heterocycles. The van der Waals surface area contributed by atoms with Gasteiger partial charge in [-0.15, -0.1) is 0 Å². The quantitative estimate of drug-likeness (QED) is 0.568. The van der Waals surface area contributed by atoms with Gasteiger partial charge in [-0.2, -0.15) is 0 Å². The summed E-state index contributed by atoms with van der Waals surface area (Å²) >= 11 is 0. The second-order valence-corrected chi connectivity index (χ2v) is 8.90. The molecule has 1 atom stereocenters. The maximum Gasteiger partial charge on any atom is 0.338 e. The second-order valence-electron chi connectivity index (χ2n) is 6.68. The van der Waals surface area contributed by atoms with Crippen molar-refractivity contribution in [2.45, 2.75) is 32.2 Å². The van der Waals surface area contributed by atoms with Crippen LogP contribution < -0.4 is 9.47 Å². The third-order valence-corrected chi connectivity index (χ3v) is 6.39. The fraction of sp³-hybridized carbons (Fsp3) is 0.579. The van der Waals surface area contributed by atoms with E-state index in [-0.39, 0.29) is 23.1 Å². The van der Waals surface area contributed by atoms with Gasteiger partial charge < -0.3 is 19.1 Å². The van der Waals surface area contributed by atoms with E-state index in [4.69, 9.17) is 14.2 Å². The van der Waals surface area contributed by atoms with Crippen molar-refractivity contribution in [2.75, 3.05) is 38.9 Å². The average molecular weight is 413 g/mol. The Kier molecular flexibility index (Phi) is 7.68. The van der Waals surface area contributed by atoms with Crippen molar-refractivity contribution in [2.24, 2.45) is 0 Å². The van der Waals surface area contributed by atoms with Crippen molar-refractivity contribution in [3.8, 4) is 11.5 Å². The van der Waals surface area contributed by atoms with Crippen LogP contribution in [0, 0.1) is 0 Å². The van der Waals surface area contributed by atoms with Gasteiger partial charge in [-0.05, 0) is 25.0 Å². The number of hydrogen-bond acceptors (Lipinski definition) is 7. The van der Waals surface area contributed by atoms with Gasteiger partial charge in [-0.1, -0.05) is 13.3 Å². The first-order valence-electron chi connectivity index (χ1n) is 9.19. The molecule has 0 aliphatic carbocycles. The van der Waals surface area contributed by atoms with Gasteiger partial charge in [-0.3, -0.25) is 4.79 Å². The molecule has 0 unspecified atom stereocenters. The van der Waals surface area contributed by atoms with Gasteiger partial charge in [0.1, 0.15) is 11.5 Å². The molecule has 0 N–H and O–H groups in total. The number of rotatable bonds is 9. The summed E-state index contributed by atoms with van der Waals surface area (Å²) in [5.41, 5.74) is 0.201. The minimum absolute atomic E-state index is 0.0382. The standard InChI is InChI=1S/C19H27NO7S/c1-4-5-7-20(15-6-8-28(23,24)13-15)18(21)12-27-19(22)14-9-16(25-2)11-17(10-14)26-3/h9-11,15H,4-8,12-13H2,1-3H3/t15-/m0/s1. The van der Waals surface area contributed by atoms with Crippen LogP contribution in [0.2, 0.25) is 0 Å². The molecule has 9 heteroatoms. The summed E-state index contributed by atoms with van der Waals surface area (Å²) in [4.78, 5) is 26.5. The molecule has 1 fully saturated rings. The van der Waals surface area contributed by atoms with Gasteiger partial charge in [0.25, 0.3) is 5.91 Å². The minimum atomic E-state index is -3.12. The largest absolute Gasteiger partial charge is 0.497 e. The lowest BCUT2D eigenvalue weighted by Gasteiger charge is -2.28. The van der Waals surface area contributed by atoms with Crippen LogP contribution >= 0.6 is 0 Å². The zero-order valence-electron chi connectivity index (χ0n) is 16.5. The minimum Gasteiger partial charge on any atom is -0.497 e. The molecule has 8 nitrogen and oxygen atoms in total. The van der Waals surface area contributed by atoms with E-state index < -0.39 is 28.3 Å². The molecular formula is C19H27NO7S. The maximum absolute atomic E-state index is 12.6. The lowest BCUT2D eigenvalue weighted by Crippen LogP contribution is -2.43. The average Bonchev–Trinajstić information content (AvgIpc) is 3.05. The summed E-state index contributed by atoms with van der Waals surface area (Å²) in [5, 5.41) is 0. The Balaban J connectivity index is 2.04. The van der Waals surface area contributed by atoms with Crippen LogP contribution in [-0.2, 0) is 19.4 Å². The highest BCUT2D eigenvalue weighted by atomic mass is 32.2. The first-order chi connectivity index (χ1) is 13.3. The lowest BCUT2D eigenvalue weighted by molar-refractivity contribution is -0.136. The molecule has 0 saturated carbocycles. The summed E-state index contributed by atoms with van der Waals surface area (Å²) in [5.74, 6) is -0.170. The lowest BCUT2D eigenvalue weighted by atomic mass is 10.2. The predicted molar refractivity (Wildman–Crippen MR) is 104 cm³/mol. The molecule has 1 heterocycles. The molecule has 0 radical (unpaired) electrons. The van der Waals surface area contributed by atoms with Crippen molar-refractivity contribution < 1.29 is 32.2 Å². The maximum atomic E-state index is 12.6. The number of sulfone groups is 1. The topological polar surface area (TPSA) is 99.2 Å². The molecule has 156 valence electrons. The fourth-order valence-electron chi connectivity index (χ4n) is 3.08. The number of carbonyl (C=O) groups excluding carboxylic acids is 2. The van der Waals surface area contributed by atoms with Crippen molar-refractivity contribution in [1.29, 1.82) is 0 Å². The van der Waals surface area contributed by atoms with E-state index in [0.29, 0.717) is 24.5 Å². The number of methoxy groups -OCH3 is 2. The van der Waals surface area contributed by atoms with E-state index in [9.17, 15) is 18.0 Å². The number of nitrogens with zero attached hydrogens (tertiary/aromatic N) is 1. The van der Waals surface area contributed by atoms with Gasteiger partial charge >= 0.3 is 5.97 Å². The molecule has 0 aromatic heterocycles. The number of ether oxygens (including phenoxy) is 3. The molecule has 0 bridgehead atoms. The normalized spacial score (nSPS) is 17.8. The van der Waals surface area contributed by atoms with Crippen LogP contribution in [-0.4, -0.2) is 70.1 Å². The van der Waals surface area contributed by atoms with Crippen LogP contribution in [0.15, 0.2) is 18.2 Å². The van der Waals surface area contributed by atoms with Crippen LogP contribution in [0.1, 0.15) is 36.5 Å². The molecule has 1 aromatic carbocycles. The van der Waals surface area contributed by atoms with Gasteiger partial charge in [-0.25, -0.2) is 13.2 Å². The third kappa shape index (κ3) is 5.85. The monoisotopic (exact) mass is 413 g/mol. The van der Waals surface area contributed by atoms with Crippen molar-refractivity contribution in [1.82, 2.24) is 4.90 Å². The number of carbonyl (C=O) groups is 2. The molecule has 1 aliphatic rings. The highest BCUT2D eigenvalue weighted by Crippen LogP contribution is 2.23. The van der Waals surface area contributed by atoms with Crippen molar-refractivity contribution in [3.63, 3.8) is 0 Å². The third-order valence-electron chi connectivity index (χ3n) is 4.64. The molecule has 2 rings (SSSR count). The Morgan fingerprint density at radius 3 is 2.29 bits per heavy atom. The SMILES string of the molecule is CCCCN(C(=O)COC(=O)c1cc(OC)cc(OC)c1)[C@H]1CCS(=O)(=O)C1. The molecule has 0 spiro atoms. The Labute approximate surface area is 165 Å². The highest BCUT2D eigenvalue weighted by Gasteiger charge is 2.34. The molecule has 1 saturated heterocycles. The molecular weight excluding hydrogens is 386 g/mol. The summed E-state index contributed by atoms with van der Waals surface area (Å²) in [6.45, 7) is 1.99. The number of unbranched alkanes of at least 4 members (excludes halogenated alkanes) is 1. The van der Waals surface area contributed by atoms with E-state index in [1.165, 1.54) is 31.3 Å². The van der Waals surface area contributed by atoms with Gasteiger partial charge in [0.2, 0.25) is 0 Å². The number of benzene rings is 1. The van der Waals surface area contributed by atoms with E-state index in [1.807, 2.05) is 6.92 Å². The van der Waals surface area contributed by atoms with Crippen molar-refractivity contribution in [3.05, 3.63) is 23.8 Å². The zero-order valence-corrected chi connectivity index (χ0v) is 17.3. The van der Waals surface area contributed by atoms with Gasteiger partial charge in [0, 0.05) is 18.7 Å². The van der Waals surface area contributed by atoms with E-state index in [0.717, 1.165) is 12.8 Å². The zero-order chi connectivity index (χ0) is 20.7. The van der Waals surface area contributed by atoms with E-state index in [1.54, 1.807) is 6.07 Å². The van der Waals surface area contributed by atoms with Crippen molar-refractivity contribution >= 4 is 21.7 Å². The summed E-state index contributed by atoms with van der Waals surface area (Å²) in [6, 6.07) is 4.25. The van der Waals surface area contributed by atoms with Crippen LogP contribution in [0.3, 0.4) is 0 Å². The summed E-state index contributed by atoms with van der Waals surface area (Å²) in [7, 11) is -0.184. The number of hydrogen-bond donors (Lipinski definition) is 0. The van der Waals surface area contributed by atoms with Gasteiger partial charge in [0.15, 0.2) is 16.4 Å². The fourth-order valence-corrected chi connectivity index (χ4v) is 4.81.